The van der Waals surface area contributed by atoms with Crippen molar-refractivity contribution in [1.29, 1.82) is 0 Å². The number of ether oxygens (including phenoxy) is 2. The largest absolute Gasteiger partial charge is 0.445 e. The molecule has 0 aromatic heterocycles. The van der Waals surface area contributed by atoms with Crippen LogP contribution in [0.2, 0.25) is 0 Å². The third-order valence-electron chi connectivity index (χ3n) is 1.56. The molecule has 1 rings (SSSR count). The fraction of sp³-hybridized carbons (Fsp3) is 0.500. The molecule has 0 N–H and O–H groups in total. The topological polar surface area (TPSA) is 55.8 Å². The number of rotatable bonds is 1. The second-order valence-corrected chi connectivity index (χ2v) is 2.45. The van der Waals surface area contributed by atoms with Gasteiger partial charge in [0.25, 0.3) is 0 Å². The summed E-state index contributed by atoms with van der Waals surface area (Å²) >= 11 is 0. The third-order valence-corrected chi connectivity index (χ3v) is 1.56. The summed E-state index contributed by atoms with van der Waals surface area (Å²) in [5.41, 5.74) is 0. The van der Waals surface area contributed by atoms with Crippen LogP contribution in [0.25, 0.3) is 0 Å². The molecule has 0 spiro atoms. The van der Waals surface area contributed by atoms with Crippen LogP contribution in [0.5, 0.6) is 0 Å². The molecule has 0 atom stereocenters. The summed E-state index contributed by atoms with van der Waals surface area (Å²) in [6.45, 7) is 0.435. The Morgan fingerprint density at radius 1 is 1.57 bits per heavy atom. The highest BCUT2D eigenvalue weighted by Gasteiger charge is 2.25. The zero-order chi connectivity index (χ0) is 10.4. The van der Waals surface area contributed by atoms with E-state index in [9.17, 15) is 14.0 Å². The van der Waals surface area contributed by atoms with Gasteiger partial charge < -0.3 is 14.4 Å². The lowest BCUT2D eigenvalue weighted by atomic mass is 10.5. The molecule has 1 fully saturated rings. The van der Waals surface area contributed by atoms with E-state index in [4.69, 9.17) is 4.74 Å². The molecule has 6 heteroatoms. The van der Waals surface area contributed by atoms with Crippen LogP contribution >= 0.6 is 0 Å². The van der Waals surface area contributed by atoms with Crippen molar-refractivity contribution in [3.63, 3.8) is 0 Å². The SMILES string of the molecule is O=C(OCC#CF)C(=O)N1CCOC1. The van der Waals surface area contributed by atoms with E-state index >= 15 is 0 Å². The monoisotopic (exact) mass is 201 g/mol. The first-order valence-corrected chi connectivity index (χ1v) is 3.88. The molecule has 0 saturated carbocycles. The number of hydrogen-bond donors (Lipinski definition) is 0. The Bertz CT molecular complexity index is 287. The molecule has 14 heavy (non-hydrogen) atoms. The summed E-state index contributed by atoms with van der Waals surface area (Å²) in [6.07, 6.45) is 1.05. The first kappa shape index (κ1) is 10.5. The van der Waals surface area contributed by atoms with Gasteiger partial charge in [-0.15, -0.1) is 4.39 Å². The van der Waals surface area contributed by atoms with E-state index in [1.54, 1.807) is 0 Å². The lowest BCUT2D eigenvalue weighted by Crippen LogP contribution is -2.35. The third kappa shape index (κ3) is 2.71. The fourth-order valence-corrected chi connectivity index (χ4v) is 0.894. The standard InChI is InChI=1S/C8H8FNO4/c9-2-1-4-14-8(12)7(11)10-3-5-13-6-10/h3-6H2. The minimum absolute atomic E-state index is 0.0860. The van der Waals surface area contributed by atoms with Gasteiger partial charge in [-0.25, -0.2) is 4.79 Å². The molecule has 1 aliphatic rings. The van der Waals surface area contributed by atoms with Crippen LogP contribution in [0.15, 0.2) is 0 Å². The molecule has 76 valence electrons. The van der Waals surface area contributed by atoms with Crippen molar-refractivity contribution >= 4 is 11.9 Å². The smallest absolute Gasteiger partial charge is 0.398 e. The van der Waals surface area contributed by atoms with Gasteiger partial charge in [-0.1, -0.05) is 0 Å². The van der Waals surface area contributed by atoms with Gasteiger partial charge in [-0.05, 0) is 5.92 Å². The molecule has 0 aromatic rings. The summed E-state index contributed by atoms with van der Waals surface area (Å²) in [5.74, 6) is 0.0309. The average Bonchev–Trinajstić information content (AvgIpc) is 2.69. The molecule has 5 nitrogen and oxygen atoms in total. The first-order chi connectivity index (χ1) is 6.75. The molecule has 0 radical (unpaired) electrons. The van der Waals surface area contributed by atoms with Gasteiger partial charge in [0.05, 0.1) is 6.61 Å². The lowest BCUT2D eigenvalue weighted by Gasteiger charge is -2.10. The van der Waals surface area contributed by atoms with Crippen molar-refractivity contribution in [2.24, 2.45) is 0 Å². The zero-order valence-electron chi connectivity index (χ0n) is 7.29. The van der Waals surface area contributed by atoms with Crippen molar-refractivity contribution in [1.82, 2.24) is 4.90 Å². The molecule has 0 aliphatic carbocycles. The van der Waals surface area contributed by atoms with Gasteiger partial charge in [-0.2, -0.15) is 0 Å². The van der Waals surface area contributed by atoms with Crippen molar-refractivity contribution in [3.05, 3.63) is 0 Å². The van der Waals surface area contributed by atoms with E-state index in [1.165, 1.54) is 4.90 Å². The van der Waals surface area contributed by atoms with Gasteiger partial charge in [0.2, 0.25) is 0 Å². The Kier molecular flexibility index (Phi) is 3.88. The first-order valence-electron chi connectivity index (χ1n) is 3.88. The number of amides is 1. The van der Waals surface area contributed by atoms with E-state index in [0.717, 1.165) is 6.17 Å². The van der Waals surface area contributed by atoms with E-state index in [2.05, 4.69) is 4.74 Å². The highest BCUT2D eigenvalue weighted by Crippen LogP contribution is 2.00. The summed E-state index contributed by atoms with van der Waals surface area (Å²) in [5, 5.41) is 0. The molecular weight excluding hydrogens is 193 g/mol. The second kappa shape index (κ2) is 5.19. The summed E-state index contributed by atoms with van der Waals surface area (Å²) < 4.78 is 20.5. The molecule has 1 heterocycles. The Balaban J connectivity index is 2.34. The summed E-state index contributed by atoms with van der Waals surface area (Å²) in [7, 11) is 0. The number of hydrogen-bond acceptors (Lipinski definition) is 4. The van der Waals surface area contributed by atoms with E-state index in [1.807, 2.05) is 5.92 Å². The molecule has 1 aliphatic heterocycles. The quantitative estimate of drug-likeness (QED) is 0.319. The van der Waals surface area contributed by atoms with E-state index in [-0.39, 0.29) is 6.73 Å². The maximum Gasteiger partial charge on any atom is 0.398 e. The van der Waals surface area contributed by atoms with Crippen LogP contribution in [0, 0.1) is 12.1 Å². The van der Waals surface area contributed by atoms with Crippen molar-refractivity contribution in [3.8, 4) is 12.1 Å². The molecule has 0 unspecified atom stereocenters. The second-order valence-electron chi connectivity index (χ2n) is 2.45. The average molecular weight is 201 g/mol. The van der Waals surface area contributed by atoms with Crippen LogP contribution in [0.4, 0.5) is 4.39 Å². The predicted octanol–water partition coefficient (Wildman–Crippen LogP) is -0.724. The van der Waals surface area contributed by atoms with Crippen LogP contribution < -0.4 is 0 Å². The maximum absolute atomic E-state index is 11.3. The summed E-state index contributed by atoms with van der Waals surface area (Å²) in [6, 6.07) is 0. The Morgan fingerprint density at radius 3 is 2.93 bits per heavy atom. The van der Waals surface area contributed by atoms with Gasteiger partial charge in [0.15, 0.2) is 6.61 Å². The Morgan fingerprint density at radius 2 is 2.36 bits per heavy atom. The normalized spacial score (nSPS) is 14.5. The Labute approximate surface area is 79.8 Å². The van der Waals surface area contributed by atoms with Gasteiger partial charge in [0.1, 0.15) is 12.9 Å². The fourth-order valence-electron chi connectivity index (χ4n) is 0.894. The molecule has 1 saturated heterocycles. The highest BCUT2D eigenvalue weighted by atomic mass is 19.1. The van der Waals surface area contributed by atoms with E-state index < -0.39 is 18.5 Å². The van der Waals surface area contributed by atoms with Crippen LogP contribution in [0.3, 0.4) is 0 Å². The van der Waals surface area contributed by atoms with Crippen LogP contribution in [0.1, 0.15) is 0 Å². The number of nitrogens with zero attached hydrogens (tertiary/aromatic N) is 1. The van der Waals surface area contributed by atoms with Gasteiger partial charge in [-0.3, -0.25) is 4.79 Å². The number of carbonyl (C=O) groups is 2. The minimum Gasteiger partial charge on any atom is -0.445 e. The van der Waals surface area contributed by atoms with Crippen LogP contribution in [-0.4, -0.2) is 43.3 Å². The number of carbonyl (C=O) groups excluding carboxylic acids is 2. The predicted molar refractivity (Wildman–Crippen MR) is 42.4 cm³/mol. The zero-order valence-corrected chi connectivity index (χ0v) is 7.29. The molecule has 0 bridgehead atoms. The van der Waals surface area contributed by atoms with Crippen LogP contribution in [-0.2, 0) is 19.1 Å². The minimum atomic E-state index is -1.04. The summed E-state index contributed by atoms with van der Waals surface area (Å²) in [4.78, 5) is 23.3. The number of esters is 1. The molecular formula is C8H8FNO4. The number of halogens is 1. The molecule has 1 amide bonds. The highest BCUT2D eigenvalue weighted by molar-refractivity contribution is 6.32. The van der Waals surface area contributed by atoms with E-state index in [0.29, 0.717) is 13.2 Å². The lowest BCUT2D eigenvalue weighted by molar-refractivity contribution is -0.159. The van der Waals surface area contributed by atoms with Gasteiger partial charge >= 0.3 is 11.9 Å². The van der Waals surface area contributed by atoms with Gasteiger partial charge in [0, 0.05) is 6.54 Å². The molecule has 0 aromatic carbocycles. The maximum atomic E-state index is 11.3. The van der Waals surface area contributed by atoms with Crippen molar-refractivity contribution in [2.75, 3.05) is 26.5 Å². The van der Waals surface area contributed by atoms with Crippen molar-refractivity contribution in [2.45, 2.75) is 0 Å². The van der Waals surface area contributed by atoms with Crippen molar-refractivity contribution < 1.29 is 23.5 Å². The Hall–Kier alpha value is -1.61.